The second kappa shape index (κ2) is 5.47. The van der Waals surface area contributed by atoms with Crippen LogP contribution in [0.15, 0.2) is 0 Å². The zero-order chi connectivity index (χ0) is 15.8. The van der Waals surface area contributed by atoms with Gasteiger partial charge in [-0.1, -0.05) is 0 Å². The second-order valence-corrected chi connectivity index (χ2v) is 5.81. The van der Waals surface area contributed by atoms with Crippen molar-refractivity contribution in [2.45, 2.75) is 38.4 Å². The van der Waals surface area contributed by atoms with Crippen LogP contribution in [0.4, 0.5) is 13.2 Å². The zero-order valence-electron chi connectivity index (χ0n) is 11.8. The van der Waals surface area contributed by atoms with Gasteiger partial charge in [0.1, 0.15) is 0 Å². The molecule has 21 heavy (non-hydrogen) atoms. The van der Waals surface area contributed by atoms with Crippen molar-refractivity contribution in [3.63, 3.8) is 0 Å². The lowest BCUT2D eigenvalue weighted by Crippen LogP contribution is -2.50. The van der Waals surface area contributed by atoms with Gasteiger partial charge in [-0.15, -0.1) is 0 Å². The van der Waals surface area contributed by atoms with Crippen molar-refractivity contribution < 1.29 is 27.9 Å². The monoisotopic (exact) mass is 308 g/mol. The summed E-state index contributed by atoms with van der Waals surface area (Å²) in [6.45, 7) is 2.11. The number of nitrogens with zero attached hydrogens (tertiary/aromatic N) is 2. The van der Waals surface area contributed by atoms with Gasteiger partial charge in [0.2, 0.25) is 5.91 Å². The molecule has 0 bridgehead atoms. The number of likely N-dealkylation sites (tertiary alicyclic amines) is 2. The second-order valence-electron chi connectivity index (χ2n) is 5.81. The molecule has 0 aromatic carbocycles. The van der Waals surface area contributed by atoms with E-state index < -0.39 is 36.6 Å². The van der Waals surface area contributed by atoms with E-state index in [9.17, 15) is 22.8 Å². The van der Waals surface area contributed by atoms with Crippen LogP contribution in [0.5, 0.6) is 0 Å². The SMILES string of the molecule is CC(C(=O)N1CCCC1)N1CCC(C(=O)O)(C(F)(F)F)C1. The van der Waals surface area contributed by atoms with Gasteiger partial charge in [-0.2, -0.15) is 13.2 Å². The van der Waals surface area contributed by atoms with E-state index in [0.29, 0.717) is 13.1 Å². The number of amides is 1. The number of hydrogen-bond acceptors (Lipinski definition) is 3. The molecule has 2 fully saturated rings. The van der Waals surface area contributed by atoms with Crippen LogP contribution in [0.1, 0.15) is 26.2 Å². The molecule has 8 heteroatoms. The number of carboxylic acids is 1. The Hall–Kier alpha value is -1.31. The molecule has 1 amide bonds. The highest BCUT2D eigenvalue weighted by Crippen LogP contribution is 2.46. The van der Waals surface area contributed by atoms with Crippen molar-refractivity contribution in [3.05, 3.63) is 0 Å². The third-order valence-corrected chi connectivity index (χ3v) is 4.57. The van der Waals surface area contributed by atoms with Crippen LogP contribution >= 0.6 is 0 Å². The van der Waals surface area contributed by atoms with Gasteiger partial charge in [0.25, 0.3) is 0 Å². The van der Waals surface area contributed by atoms with Crippen LogP contribution in [0.2, 0.25) is 0 Å². The predicted octanol–water partition coefficient (Wildman–Crippen LogP) is 1.34. The molecular weight excluding hydrogens is 289 g/mol. The minimum Gasteiger partial charge on any atom is -0.481 e. The third kappa shape index (κ3) is 2.73. The van der Waals surface area contributed by atoms with Crippen LogP contribution in [0.3, 0.4) is 0 Å². The molecule has 2 unspecified atom stereocenters. The highest BCUT2D eigenvalue weighted by molar-refractivity contribution is 5.82. The number of rotatable bonds is 3. The molecule has 2 atom stereocenters. The van der Waals surface area contributed by atoms with Gasteiger partial charge in [-0.25, -0.2) is 0 Å². The van der Waals surface area contributed by atoms with Gasteiger partial charge >= 0.3 is 12.1 Å². The molecule has 0 aromatic rings. The van der Waals surface area contributed by atoms with E-state index in [1.807, 2.05) is 0 Å². The smallest absolute Gasteiger partial charge is 0.406 e. The van der Waals surface area contributed by atoms with Gasteiger partial charge in [0, 0.05) is 26.2 Å². The summed E-state index contributed by atoms with van der Waals surface area (Å²) in [5.41, 5.74) is -2.76. The topological polar surface area (TPSA) is 60.9 Å². The number of carbonyl (C=O) groups is 2. The summed E-state index contributed by atoms with van der Waals surface area (Å²) < 4.78 is 39.3. The Kier molecular flexibility index (Phi) is 4.19. The molecule has 0 aliphatic carbocycles. The molecule has 0 radical (unpaired) electrons. The van der Waals surface area contributed by atoms with E-state index >= 15 is 0 Å². The molecular formula is C13H19F3N2O3. The Labute approximate surface area is 120 Å². The predicted molar refractivity (Wildman–Crippen MR) is 67.6 cm³/mol. The van der Waals surface area contributed by atoms with Gasteiger partial charge in [-0.05, 0) is 26.2 Å². The molecule has 2 heterocycles. The molecule has 1 N–H and O–H groups in total. The standard InChI is InChI=1S/C13H19F3N2O3/c1-9(10(19)17-5-2-3-6-17)18-7-4-12(8-18,11(20)21)13(14,15)16/h9H,2-8H2,1H3,(H,20,21). The number of hydrogen-bond donors (Lipinski definition) is 1. The summed E-state index contributed by atoms with van der Waals surface area (Å²) in [5.74, 6) is -2.07. The fraction of sp³-hybridized carbons (Fsp3) is 0.846. The summed E-state index contributed by atoms with van der Waals surface area (Å²) in [4.78, 5) is 26.3. The van der Waals surface area contributed by atoms with E-state index in [1.165, 1.54) is 4.90 Å². The lowest BCUT2D eigenvalue weighted by Gasteiger charge is -2.30. The van der Waals surface area contributed by atoms with Crippen LogP contribution in [0, 0.1) is 5.41 Å². The molecule has 2 aliphatic heterocycles. The van der Waals surface area contributed by atoms with Gasteiger partial charge in [-0.3, -0.25) is 14.5 Å². The molecule has 0 saturated carbocycles. The van der Waals surface area contributed by atoms with E-state index in [0.717, 1.165) is 12.8 Å². The lowest BCUT2D eigenvalue weighted by atomic mass is 9.86. The Morgan fingerprint density at radius 1 is 1.19 bits per heavy atom. The molecule has 5 nitrogen and oxygen atoms in total. The Balaban J connectivity index is 2.10. The van der Waals surface area contributed by atoms with E-state index in [1.54, 1.807) is 11.8 Å². The summed E-state index contributed by atoms with van der Waals surface area (Å²) in [6.07, 6.45) is -3.52. The maximum absolute atomic E-state index is 13.1. The minimum atomic E-state index is -4.82. The van der Waals surface area contributed by atoms with Gasteiger partial charge in [0.05, 0.1) is 6.04 Å². The van der Waals surface area contributed by atoms with Crippen LogP contribution < -0.4 is 0 Å². The van der Waals surface area contributed by atoms with Crippen molar-refractivity contribution in [1.29, 1.82) is 0 Å². The molecule has 0 spiro atoms. The van der Waals surface area contributed by atoms with Crippen molar-refractivity contribution in [2.24, 2.45) is 5.41 Å². The van der Waals surface area contributed by atoms with E-state index in [4.69, 9.17) is 5.11 Å². The van der Waals surface area contributed by atoms with E-state index in [-0.39, 0.29) is 12.5 Å². The van der Waals surface area contributed by atoms with Crippen LogP contribution in [-0.4, -0.2) is 65.2 Å². The normalized spacial score (nSPS) is 28.9. The number of carboxylic acid groups (broad SMARTS) is 1. The molecule has 120 valence electrons. The fourth-order valence-corrected chi connectivity index (χ4v) is 3.05. The first kappa shape index (κ1) is 16.1. The summed E-state index contributed by atoms with van der Waals surface area (Å²) in [5, 5.41) is 9.01. The van der Waals surface area contributed by atoms with Crippen LogP contribution in [0.25, 0.3) is 0 Å². The average Bonchev–Trinajstić information content (AvgIpc) is 3.05. The van der Waals surface area contributed by atoms with Crippen molar-refractivity contribution >= 4 is 11.9 Å². The largest absolute Gasteiger partial charge is 0.481 e. The molecule has 2 rings (SSSR count). The minimum absolute atomic E-state index is 0.0352. The molecule has 2 aliphatic rings. The number of aliphatic carboxylic acids is 1. The summed E-state index contributed by atoms with van der Waals surface area (Å²) >= 11 is 0. The Bertz CT molecular complexity index is 435. The van der Waals surface area contributed by atoms with Crippen molar-refractivity contribution in [1.82, 2.24) is 9.80 Å². The highest BCUT2D eigenvalue weighted by Gasteiger charge is 2.64. The number of carbonyl (C=O) groups excluding carboxylic acids is 1. The van der Waals surface area contributed by atoms with Crippen molar-refractivity contribution in [2.75, 3.05) is 26.2 Å². The molecule has 0 aromatic heterocycles. The quantitative estimate of drug-likeness (QED) is 0.854. The first-order chi connectivity index (χ1) is 9.69. The first-order valence-corrected chi connectivity index (χ1v) is 7.02. The maximum atomic E-state index is 13.1. The van der Waals surface area contributed by atoms with Crippen LogP contribution in [-0.2, 0) is 9.59 Å². The average molecular weight is 308 g/mol. The van der Waals surface area contributed by atoms with Gasteiger partial charge < -0.3 is 10.0 Å². The molecule has 2 saturated heterocycles. The number of alkyl halides is 3. The Morgan fingerprint density at radius 3 is 2.19 bits per heavy atom. The summed E-state index contributed by atoms with van der Waals surface area (Å²) in [7, 11) is 0. The van der Waals surface area contributed by atoms with E-state index in [2.05, 4.69) is 0 Å². The number of halogens is 3. The third-order valence-electron chi connectivity index (χ3n) is 4.57. The Morgan fingerprint density at radius 2 is 1.76 bits per heavy atom. The lowest BCUT2D eigenvalue weighted by molar-refractivity contribution is -0.228. The highest BCUT2D eigenvalue weighted by atomic mass is 19.4. The zero-order valence-corrected chi connectivity index (χ0v) is 11.8. The maximum Gasteiger partial charge on any atom is 0.406 e. The van der Waals surface area contributed by atoms with Gasteiger partial charge in [0.15, 0.2) is 5.41 Å². The summed E-state index contributed by atoms with van der Waals surface area (Å²) in [6, 6.07) is -0.716. The first-order valence-electron chi connectivity index (χ1n) is 7.02. The van der Waals surface area contributed by atoms with Crippen molar-refractivity contribution in [3.8, 4) is 0 Å². The fourth-order valence-electron chi connectivity index (χ4n) is 3.05.